The summed E-state index contributed by atoms with van der Waals surface area (Å²) in [6, 6.07) is 6.80. The van der Waals surface area contributed by atoms with E-state index in [1.54, 1.807) is 52.0 Å². The number of ether oxygens (including phenoxy) is 2. The van der Waals surface area contributed by atoms with Gasteiger partial charge in [-0.2, -0.15) is 0 Å². The van der Waals surface area contributed by atoms with Crippen LogP contribution in [0.4, 0.5) is 10.5 Å². The van der Waals surface area contributed by atoms with Crippen molar-refractivity contribution in [3.05, 3.63) is 24.3 Å². The van der Waals surface area contributed by atoms with Crippen molar-refractivity contribution in [1.29, 1.82) is 0 Å². The highest BCUT2D eigenvalue weighted by atomic mass is 32.2. The standard InChI is InChI=1S/C16H26N2O5S/c1-5-11-24(20,21)17-9-10-22-14-8-6-7-13(12-14)18-15(19)23-16(2,3)4/h6-8,12,17H,5,9-11H2,1-4H3,(H,18,19). The van der Waals surface area contributed by atoms with Gasteiger partial charge in [-0.3, -0.25) is 5.32 Å². The molecule has 1 aromatic rings. The van der Waals surface area contributed by atoms with E-state index in [0.29, 0.717) is 17.9 Å². The summed E-state index contributed by atoms with van der Waals surface area (Å²) in [5.74, 6) is 0.626. The monoisotopic (exact) mass is 358 g/mol. The fourth-order valence-corrected chi connectivity index (χ4v) is 2.87. The van der Waals surface area contributed by atoms with Crippen LogP contribution in [0.3, 0.4) is 0 Å². The molecule has 0 aliphatic carbocycles. The predicted octanol–water partition coefficient (Wildman–Crippen LogP) is 2.74. The van der Waals surface area contributed by atoms with Crippen LogP contribution in [0.5, 0.6) is 5.75 Å². The van der Waals surface area contributed by atoms with E-state index >= 15 is 0 Å². The normalized spacial score (nSPS) is 11.8. The molecule has 0 saturated heterocycles. The topological polar surface area (TPSA) is 93.7 Å². The molecule has 0 bridgehead atoms. The lowest BCUT2D eigenvalue weighted by Crippen LogP contribution is -2.30. The number of hydrogen-bond donors (Lipinski definition) is 2. The Bertz CT molecular complexity index is 638. The van der Waals surface area contributed by atoms with E-state index in [2.05, 4.69) is 10.0 Å². The van der Waals surface area contributed by atoms with E-state index in [4.69, 9.17) is 9.47 Å². The largest absolute Gasteiger partial charge is 0.492 e. The number of carbonyl (C=O) groups excluding carboxylic acids is 1. The van der Waals surface area contributed by atoms with E-state index < -0.39 is 21.7 Å². The molecule has 0 radical (unpaired) electrons. The Morgan fingerprint density at radius 1 is 1.25 bits per heavy atom. The molecule has 1 amide bonds. The van der Waals surface area contributed by atoms with Gasteiger partial charge in [0.15, 0.2) is 0 Å². The lowest BCUT2D eigenvalue weighted by Gasteiger charge is -2.19. The molecule has 0 aliphatic heterocycles. The summed E-state index contributed by atoms with van der Waals surface area (Å²) in [6.07, 6.45) is 0.0150. The van der Waals surface area contributed by atoms with Crippen LogP contribution in [-0.4, -0.2) is 39.0 Å². The number of sulfonamides is 1. The molecule has 136 valence electrons. The van der Waals surface area contributed by atoms with Crippen LogP contribution in [0, 0.1) is 0 Å². The van der Waals surface area contributed by atoms with Gasteiger partial charge in [0.2, 0.25) is 10.0 Å². The molecule has 0 aliphatic rings. The molecule has 0 spiro atoms. The van der Waals surface area contributed by atoms with E-state index in [9.17, 15) is 13.2 Å². The van der Waals surface area contributed by atoms with Gasteiger partial charge < -0.3 is 9.47 Å². The van der Waals surface area contributed by atoms with Crippen molar-refractivity contribution in [2.24, 2.45) is 0 Å². The molecule has 7 nitrogen and oxygen atoms in total. The first-order chi connectivity index (χ1) is 11.1. The Hall–Kier alpha value is -1.80. The highest BCUT2D eigenvalue weighted by Crippen LogP contribution is 2.18. The van der Waals surface area contributed by atoms with Gasteiger partial charge in [0.25, 0.3) is 0 Å². The molecule has 24 heavy (non-hydrogen) atoms. The first-order valence-electron chi connectivity index (χ1n) is 7.81. The maximum atomic E-state index is 11.7. The smallest absolute Gasteiger partial charge is 0.412 e. The minimum atomic E-state index is -3.23. The maximum Gasteiger partial charge on any atom is 0.412 e. The van der Waals surface area contributed by atoms with E-state index in [-0.39, 0.29) is 18.9 Å². The second kappa shape index (κ2) is 8.89. The minimum absolute atomic E-state index is 0.0995. The van der Waals surface area contributed by atoms with E-state index in [1.807, 2.05) is 0 Å². The van der Waals surface area contributed by atoms with Gasteiger partial charge in [0.1, 0.15) is 18.0 Å². The first kappa shape index (κ1) is 20.2. The molecular weight excluding hydrogens is 332 g/mol. The summed E-state index contributed by atoms with van der Waals surface area (Å²) in [6.45, 7) is 7.53. The van der Waals surface area contributed by atoms with Crippen LogP contribution < -0.4 is 14.8 Å². The van der Waals surface area contributed by atoms with Crippen molar-refractivity contribution in [3.63, 3.8) is 0 Å². The van der Waals surface area contributed by atoms with E-state index in [0.717, 1.165) is 0 Å². The van der Waals surface area contributed by atoms with Crippen molar-refractivity contribution in [1.82, 2.24) is 4.72 Å². The first-order valence-corrected chi connectivity index (χ1v) is 9.47. The van der Waals surface area contributed by atoms with Crippen LogP contribution in [0.2, 0.25) is 0 Å². The fraction of sp³-hybridized carbons (Fsp3) is 0.562. The molecule has 0 heterocycles. The molecule has 2 N–H and O–H groups in total. The Balaban J connectivity index is 2.47. The van der Waals surface area contributed by atoms with Gasteiger partial charge >= 0.3 is 6.09 Å². The predicted molar refractivity (Wildman–Crippen MR) is 93.9 cm³/mol. The summed E-state index contributed by atoms with van der Waals surface area (Å²) in [5, 5.41) is 2.62. The zero-order chi connectivity index (χ0) is 18.2. The second-order valence-electron chi connectivity index (χ2n) is 6.22. The van der Waals surface area contributed by atoms with Crippen LogP contribution in [-0.2, 0) is 14.8 Å². The Labute approximate surface area is 143 Å². The molecular formula is C16H26N2O5S. The third kappa shape index (κ3) is 8.73. The number of carbonyl (C=O) groups is 1. The molecule has 1 aromatic carbocycles. The summed E-state index contributed by atoms with van der Waals surface area (Å²) < 4.78 is 36.1. The zero-order valence-electron chi connectivity index (χ0n) is 14.6. The van der Waals surface area contributed by atoms with Crippen LogP contribution in [0.15, 0.2) is 24.3 Å². The van der Waals surface area contributed by atoms with E-state index in [1.165, 1.54) is 0 Å². The summed E-state index contributed by atoms with van der Waals surface area (Å²) in [5.41, 5.74) is -0.0401. The Kier molecular flexibility index (Phi) is 7.50. The SMILES string of the molecule is CCCS(=O)(=O)NCCOc1cccc(NC(=O)OC(C)(C)C)c1. The third-order valence-corrected chi connectivity index (χ3v) is 4.23. The fourth-order valence-electron chi connectivity index (χ4n) is 1.79. The van der Waals surface area contributed by atoms with Crippen molar-refractivity contribution in [2.75, 3.05) is 24.2 Å². The van der Waals surface area contributed by atoms with Gasteiger partial charge in [-0.05, 0) is 39.3 Å². The van der Waals surface area contributed by atoms with Gasteiger partial charge in [-0.1, -0.05) is 13.0 Å². The average Bonchev–Trinajstić information content (AvgIpc) is 2.42. The number of rotatable bonds is 8. The number of amides is 1. The molecule has 8 heteroatoms. The number of nitrogens with one attached hydrogen (secondary N) is 2. The highest BCUT2D eigenvalue weighted by Gasteiger charge is 2.16. The maximum absolute atomic E-state index is 11.7. The summed E-state index contributed by atoms with van der Waals surface area (Å²) >= 11 is 0. The Morgan fingerprint density at radius 3 is 2.58 bits per heavy atom. The number of benzene rings is 1. The van der Waals surface area contributed by atoms with Crippen LogP contribution >= 0.6 is 0 Å². The second-order valence-corrected chi connectivity index (χ2v) is 8.14. The minimum Gasteiger partial charge on any atom is -0.492 e. The molecule has 0 unspecified atom stereocenters. The molecule has 0 saturated carbocycles. The third-order valence-electron chi connectivity index (χ3n) is 2.64. The van der Waals surface area contributed by atoms with Gasteiger partial charge in [0.05, 0.1) is 5.75 Å². The Morgan fingerprint density at radius 2 is 1.96 bits per heavy atom. The summed E-state index contributed by atoms with van der Waals surface area (Å²) in [7, 11) is -3.23. The zero-order valence-corrected chi connectivity index (χ0v) is 15.4. The van der Waals surface area contributed by atoms with Gasteiger partial charge in [-0.15, -0.1) is 0 Å². The number of hydrogen-bond acceptors (Lipinski definition) is 5. The van der Waals surface area contributed by atoms with Crippen molar-refractivity contribution < 1.29 is 22.7 Å². The van der Waals surface area contributed by atoms with Crippen molar-refractivity contribution in [3.8, 4) is 5.75 Å². The van der Waals surface area contributed by atoms with Crippen LogP contribution in [0.1, 0.15) is 34.1 Å². The molecule has 0 aromatic heterocycles. The molecule has 0 atom stereocenters. The molecule has 1 rings (SSSR count). The lowest BCUT2D eigenvalue weighted by molar-refractivity contribution is 0.0636. The number of anilines is 1. The lowest BCUT2D eigenvalue weighted by atomic mass is 10.2. The molecule has 0 fully saturated rings. The van der Waals surface area contributed by atoms with Gasteiger partial charge in [-0.25, -0.2) is 17.9 Å². The summed E-state index contributed by atoms with van der Waals surface area (Å²) in [4.78, 5) is 11.7. The van der Waals surface area contributed by atoms with Crippen LogP contribution in [0.25, 0.3) is 0 Å². The average molecular weight is 358 g/mol. The van der Waals surface area contributed by atoms with Gasteiger partial charge in [0, 0.05) is 18.3 Å². The highest BCUT2D eigenvalue weighted by molar-refractivity contribution is 7.89. The van der Waals surface area contributed by atoms with Crippen molar-refractivity contribution >= 4 is 21.8 Å². The quantitative estimate of drug-likeness (QED) is 0.697. The van der Waals surface area contributed by atoms with Crippen molar-refractivity contribution in [2.45, 2.75) is 39.7 Å².